The standard InChI is InChI=1S/C22H31N5O/c1-2-5-19-7-6-17(15-23-19)16-26-12-8-18(9-13-26)20-14-21(28)25-22(24-20)27-10-3-4-11-27/h6-7,14-15,18H,2-5,8-13,16H2,1H3,(H,24,25,28). The van der Waals surface area contributed by atoms with Crippen molar-refractivity contribution in [1.82, 2.24) is 19.9 Å². The van der Waals surface area contributed by atoms with E-state index >= 15 is 0 Å². The lowest BCUT2D eigenvalue weighted by molar-refractivity contribution is 0.203. The molecule has 0 amide bonds. The number of aromatic nitrogens is 3. The normalized spacial score (nSPS) is 18.7. The minimum atomic E-state index is 0.104. The van der Waals surface area contributed by atoms with E-state index in [0.29, 0.717) is 11.9 Å². The molecule has 2 aromatic rings. The summed E-state index contributed by atoms with van der Waals surface area (Å²) < 4.78 is 0. The van der Waals surface area contributed by atoms with E-state index in [-0.39, 0.29) is 5.88 Å². The predicted octanol–water partition coefficient (Wildman–Crippen LogP) is 3.51. The van der Waals surface area contributed by atoms with Crippen molar-refractivity contribution < 1.29 is 5.11 Å². The van der Waals surface area contributed by atoms with Crippen molar-refractivity contribution in [1.29, 1.82) is 0 Å². The van der Waals surface area contributed by atoms with Crippen LogP contribution in [0.25, 0.3) is 0 Å². The van der Waals surface area contributed by atoms with Gasteiger partial charge in [0.05, 0.1) is 5.69 Å². The molecular formula is C22H31N5O. The van der Waals surface area contributed by atoms with Crippen molar-refractivity contribution in [3.8, 4) is 5.88 Å². The van der Waals surface area contributed by atoms with Gasteiger partial charge in [-0.2, -0.15) is 4.98 Å². The van der Waals surface area contributed by atoms with Gasteiger partial charge in [-0.3, -0.25) is 9.88 Å². The topological polar surface area (TPSA) is 65.4 Å². The third-order valence-electron chi connectivity index (χ3n) is 5.91. The van der Waals surface area contributed by atoms with Gasteiger partial charge in [-0.25, -0.2) is 4.98 Å². The Balaban J connectivity index is 1.35. The maximum Gasteiger partial charge on any atom is 0.228 e. The number of likely N-dealkylation sites (tertiary alicyclic amines) is 1. The van der Waals surface area contributed by atoms with E-state index in [0.717, 1.165) is 64.1 Å². The third-order valence-corrected chi connectivity index (χ3v) is 5.91. The molecule has 0 unspecified atom stereocenters. The van der Waals surface area contributed by atoms with Crippen LogP contribution in [0.15, 0.2) is 24.4 Å². The van der Waals surface area contributed by atoms with Crippen LogP contribution in [0.4, 0.5) is 5.95 Å². The number of aromatic hydroxyl groups is 1. The lowest BCUT2D eigenvalue weighted by atomic mass is 9.93. The summed E-state index contributed by atoms with van der Waals surface area (Å²) in [6, 6.07) is 6.14. The number of hydrogen-bond acceptors (Lipinski definition) is 6. The predicted molar refractivity (Wildman–Crippen MR) is 111 cm³/mol. The Morgan fingerprint density at radius 2 is 1.86 bits per heavy atom. The Labute approximate surface area is 167 Å². The van der Waals surface area contributed by atoms with Gasteiger partial charge in [0.15, 0.2) is 0 Å². The van der Waals surface area contributed by atoms with Gasteiger partial charge in [0.25, 0.3) is 0 Å². The van der Waals surface area contributed by atoms with Crippen molar-refractivity contribution in [2.75, 3.05) is 31.1 Å². The van der Waals surface area contributed by atoms with Gasteiger partial charge in [0.1, 0.15) is 0 Å². The van der Waals surface area contributed by atoms with Gasteiger partial charge >= 0.3 is 0 Å². The zero-order chi connectivity index (χ0) is 19.3. The summed E-state index contributed by atoms with van der Waals surface area (Å²) in [6.07, 6.45) is 8.72. The van der Waals surface area contributed by atoms with E-state index in [1.165, 1.54) is 24.1 Å². The van der Waals surface area contributed by atoms with E-state index in [2.05, 4.69) is 38.8 Å². The number of piperidine rings is 1. The molecule has 0 bridgehead atoms. The van der Waals surface area contributed by atoms with Gasteiger partial charge < -0.3 is 10.0 Å². The van der Waals surface area contributed by atoms with Crippen LogP contribution in [0.1, 0.15) is 61.9 Å². The fourth-order valence-electron chi connectivity index (χ4n) is 4.31. The van der Waals surface area contributed by atoms with Crippen LogP contribution in [0, 0.1) is 0 Å². The molecule has 0 spiro atoms. The molecule has 2 aliphatic heterocycles. The van der Waals surface area contributed by atoms with Crippen molar-refractivity contribution in [2.24, 2.45) is 0 Å². The fraction of sp³-hybridized carbons (Fsp3) is 0.591. The van der Waals surface area contributed by atoms with E-state index in [4.69, 9.17) is 4.98 Å². The second-order valence-corrected chi connectivity index (χ2v) is 8.10. The number of anilines is 1. The first-order valence-electron chi connectivity index (χ1n) is 10.7. The van der Waals surface area contributed by atoms with Gasteiger partial charge in [-0.15, -0.1) is 0 Å². The summed E-state index contributed by atoms with van der Waals surface area (Å²) in [5, 5.41) is 10.1. The lowest BCUT2D eigenvalue weighted by Gasteiger charge is -2.32. The molecule has 28 heavy (non-hydrogen) atoms. The third kappa shape index (κ3) is 4.61. The van der Waals surface area contributed by atoms with Gasteiger partial charge in [-0.05, 0) is 56.8 Å². The van der Waals surface area contributed by atoms with Gasteiger partial charge in [-0.1, -0.05) is 19.4 Å². The summed E-state index contributed by atoms with van der Waals surface area (Å²) in [4.78, 5) is 18.3. The average molecular weight is 382 g/mol. The second-order valence-electron chi connectivity index (χ2n) is 8.10. The van der Waals surface area contributed by atoms with Gasteiger partial charge in [0, 0.05) is 43.5 Å². The van der Waals surface area contributed by atoms with Crippen LogP contribution in [-0.4, -0.2) is 51.1 Å². The van der Waals surface area contributed by atoms with Crippen LogP contribution >= 0.6 is 0 Å². The molecule has 4 rings (SSSR count). The highest BCUT2D eigenvalue weighted by Gasteiger charge is 2.24. The van der Waals surface area contributed by atoms with Crippen molar-refractivity contribution >= 4 is 5.95 Å². The van der Waals surface area contributed by atoms with E-state index in [1.807, 2.05) is 6.20 Å². The lowest BCUT2D eigenvalue weighted by Crippen LogP contribution is -2.33. The van der Waals surface area contributed by atoms with Crippen molar-refractivity contribution in [3.63, 3.8) is 0 Å². The molecule has 2 aliphatic rings. The van der Waals surface area contributed by atoms with Crippen molar-refractivity contribution in [3.05, 3.63) is 41.3 Å². The molecule has 0 radical (unpaired) electrons. The zero-order valence-corrected chi connectivity index (χ0v) is 16.8. The Morgan fingerprint density at radius 1 is 1.07 bits per heavy atom. The number of nitrogens with zero attached hydrogens (tertiary/aromatic N) is 5. The largest absolute Gasteiger partial charge is 0.493 e. The van der Waals surface area contributed by atoms with Crippen LogP contribution in [0.3, 0.4) is 0 Å². The minimum absolute atomic E-state index is 0.104. The fourth-order valence-corrected chi connectivity index (χ4v) is 4.31. The maximum absolute atomic E-state index is 10.1. The molecule has 0 aliphatic carbocycles. The smallest absolute Gasteiger partial charge is 0.228 e. The summed E-state index contributed by atoms with van der Waals surface area (Å²) in [7, 11) is 0. The molecule has 0 saturated carbocycles. The zero-order valence-electron chi connectivity index (χ0n) is 16.8. The highest BCUT2D eigenvalue weighted by atomic mass is 16.3. The highest BCUT2D eigenvalue weighted by molar-refractivity contribution is 5.36. The van der Waals surface area contributed by atoms with E-state index < -0.39 is 0 Å². The summed E-state index contributed by atoms with van der Waals surface area (Å²) >= 11 is 0. The molecule has 0 aromatic carbocycles. The van der Waals surface area contributed by atoms with E-state index in [9.17, 15) is 5.11 Å². The van der Waals surface area contributed by atoms with Crippen LogP contribution in [0.5, 0.6) is 5.88 Å². The first-order chi connectivity index (χ1) is 13.7. The first kappa shape index (κ1) is 19.1. The van der Waals surface area contributed by atoms with Gasteiger partial charge in [0.2, 0.25) is 11.8 Å². The molecule has 0 atom stereocenters. The first-order valence-corrected chi connectivity index (χ1v) is 10.7. The molecule has 2 aromatic heterocycles. The number of hydrogen-bond donors (Lipinski definition) is 1. The Morgan fingerprint density at radius 3 is 2.54 bits per heavy atom. The number of rotatable bonds is 6. The molecule has 4 heterocycles. The van der Waals surface area contributed by atoms with Crippen molar-refractivity contribution in [2.45, 2.75) is 57.9 Å². The highest BCUT2D eigenvalue weighted by Crippen LogP contribution is 2.30. The summed E-state index contributed by atoms with van der Waals surface area (Å²) in [5.41, 5.74) is 3.47. The average Bonchev–Trinajstić information content (AvgIpc) is 3.25. The maximum atomic E-state index is 10.1. The molecule has 6 nitrogen and oxygen atoms in total. The molecule has 150 valence electrons. The molecule has 6 heteroatoms. The molecular weight excluding hydrogens is 350 g/mol. The van der Waals surface area contributed by atoms with E-state index in [1.54, 1.807) is 6.07 Å². The molecule has 2 fully saturated rings. The summed E-state index contributed by atoms with van der Waals surface area (Å²) in [6.45, 7) is 7.22. The monoisotopic (exact) mass is 381 g/mol. The minimum Gasteiger partial charge on any atom is -0.493 e. The molecule has 2 saturated heterocycles. The summed E-state index contributed by atoms with van der Waals surface area (Å²) in [5.74, 6) is 1.21. The second kappa shape index (κ2) is 8.86. The van der Waals surface area contributed by atoms with Crippen LogP contribution in [0.2, 0.25) is 0 Å². The number of pyridine rings is 1. The SMILES string of the molecule is CCCc1ccc(CN2CCC(c3cc(O)nc(N4CCCC4)n3)CC2)cn1. The Hall–Kier alpha value is -2.21. The van der Waals surface area contributed by atoms with Crippen LogP contribution in [-0.2, 0) is 13.0 Å². The Kier molecular flexibility index (Phi) is 6.05. The number of aryl methyl sites for hydroxylation is 1. The van der Waals surface area contributed by atoms with Crippen LogP contribution < -0.4 is 4.90 Å². The Bertz CT molecular complexity index is 765. The quantitative estimate of drug-likeness (QED) is 0.826. The molecule has 1 N–H and O–H groups in total.